The van der Waals surface area contributed by atoms with Gasteiger partial charge in [0.25, 0.3) is 0 Å². The van der Waals surface area contributed by atoms with E-state index in [0.717, 1.165) is 36.4 Å². The van der Waals surface area contributed by atoms with Crippen molar-refractivity contribution in [2.75, 3.05) is 39.5 Å². The predicted molar refractivity (Wildman–Crippen MR) is 126 cm³/mol. The fourth-order valence-electron chi connectivity index (χ4n) is 3.91. The van der Waals surface area contributed by atoms with Crippen LogP contribution in [0.1, 0.15) is 29.6 Å². The van der Waals surface area contributed by atoms with Gasteiger partial charge in [0.15, 0.2) is 5.96 Å². The monoisotopic (exact) mass is 526 g/mol. The quantitative estimate of drug-likeness (QED) is 0.356. The van der Waals surface area contributed by atoms with Crippen molar-refractivity contribution >= 4 is 29.9 Å². The van der Waals surface area contributed by atoms with Crippen LogP contribution in [0.3, 0.4) is 0 Å². The van der Waals surface area contributed by atoms with E-state index in [1.54, 1.807) is 0 Å². The SMILES string of the molecule is I.NC(=NCC(c1ccc(F)cc1)N1CCOCC1)NC1CCOc2ccccc21. The summed E-state index contributed by atoms with van der Waals surface area (Å²) in [6, 6.07) is 14.7. The minimum absolute atomic E-state index is 0. The topological polar surface area (TPSA) is 72.1 Å². The summed E-state index contributed by atoms with van der Waals surface area (Å²) in [6.45, 7) is 4.15. The van der Waals surface area contributed by atoms with Crippen molar-refractivity contribution < 1.29 is 13.9 Å². The molecule has 2 aromatic carbocycles. The second-order valence-corrected chi connectivity index (χ2v) is 7.31. The van der Waals surface area contributed by atoms with Crippen molar-refractivity contribution in [1.29, 1.82) is 0 Å². The van der Waals surface area contributed by atoms with Crippen molar-refractivity contribution in [3.05, 3.63) is 65.5 Å². The largest absolute Gasteiger partial charge is 0.493 e. The van der Waals surface area contributed by atoms with Gasteiger partial charge in [-0.15, -0.1) is 24.0 Å². The lowest BCUT2D eigenvalue weighted by atomic mass is 10.0. The summed E-state index contributed by atoms with van der Waals surface area (Å²) in [5.74, 6) is 1.06. The zero-order valence-corrected chi connectivity index (χ0v) is 19.1. The summed E-state index contributed by atoms with van der Waals surface area (Å²) >= 11 is 0. The van der Waals surface area contributed by atoms with Crippen molar-refractivity contribution in [2.24, 2.45) is 10.7 Å². The molecule has 0 saturated carbocycles. The van der Waals surface area contributed by atoms with Gasteiger partial charge in [0.05, 0.1) is 38.4 Å². The second kappa shape index (κ2) is 10.9. The van der Waals surface area contributed by atoms with Gasteiger partial charge in [-0.05, 0) is 23.8 Å². The number of ether oxygens (including phenoxy) is 2. The highest BCUT2D eigenvalue weighted by molar-refractivity contribution is 14.0. The number of nitrogens with two attached hydrogens (primary N) is 1. The lowest BCUT2D eigenvalue weighted by Gasteiger charge is -2.34. The molecule has 0 radical (unpaired) electrons. The molecule has 2 unspecified atom stereocenters. The number of benzene rings is 2. The molecule has 0 spiro atoms. The van der Waals surface area contributed by atoms with Gasteiger partial charge >= 0.3 is 0 Å². The molecule has 30 heavy (non-hydrogen) atoms. The fraction of sp³-hybridized carbons (Fsp3) is 0.409. The van der Waals surface area contributed by atoms with Crippen LogP contribution in [0.25, 0.3) is 0 Å². The molecule has 0 amide bonds. The Morgan fingerprint density at radius 2 is 1.87 bits per heavy atom. The van der Waals surface area contributed by atoms with E-state index in [-0.39, 0.29) is 41.9 Å². The number of nitrogens with one attached hydrogen (secondary N) is 1. The maximum absolute atomic E-state index is 13.4. The Labute approximate surface area is 193 Å². The molecular formula is C22H28FIN4O2. The fourth-order valence-corrected chi connectivity index (χ4v) is 3.91. The molecule has 6 nitrogen and oxygen atoms in total. The number of para-hydroxylation sites is 1. The molecule has 4 rings (SSSR count). The Hall–Kier alpha value is -1.91. The highest BCUT2D eigenvalue weighted by Crippen LogP contribution is 2.31. The first-order chi connectivity index (χ1) is 14.2. The summed E-state index contributed by atoms with van der Waals surface area (Å²) in [7, 11) is 0. The molecule has 8 heteroatoms. The van der Waals surface area contributed by atoms with E-state index in [1.807, 2.05) is 30.3 Å². The van der Waals surface area contributed by atoms with E-state index < -0.39 is 0 Å². The van der Waals surface area contributed by atoms with Crippen LogP contribution in [0.15, 0.2) is 53.5 Å². The van der Waals surface area contributed by atoms with Crippen molar-refractivity contribution in [2.45, 2.75) is 18.5 Å². The number of morpholine rings is 1. The van der Waals surface area contributed by atoms with Gasteiger partial charge in [-0.1, -0.05) is 30.3 Å². The van der Waals surface area contributed by atoms with Crippen LogP contribution in [0.2, 0.25) is 0 Å². The first kappa shape index (κ1) is 22.8. The standard InChI is InChI=1S/C22H27FN4O2.HI/c23-17-7-5-16(6-8-17)20(27-10-13-28-14-11-27)15-25-22(24)26-19-9-12-29-21-4-2-1-3-18(19)21;/h1-8,19-20H,9-15H2,(H3,24,25,26);1H. The van der Waals surface area contributed by atoms with E-state index in [2.05, 4.69) is 21.3 Å². The maximum Gasteiger partial charge on any atom is 0.189 e. The van der Waals surface area contributed by atoms with Crippen molar-refractivity contribution in [3.8, 4) is 5.75 Å². The summed E-state index contributed by atoms with van der Waals surface area (Å²) in [6.07, 6.45) is 0.831. The number of nitrogens with zero attached hydrogens (tertiary/aromatic N) is 2. The van der Waals surface area contributed by atoms with Gasteiger partial charge in [0.1, 0.15) is 11.6 Å². The minimum Gasteiger partial charge on any atom is -0.493 e. The predicted octanol–water partition coefficient (Wildman–Crippen LogP) is 3.25. The first-order valence-electron chi connectivity index (χ1n) is 10.1. The summed E-state index contributed by atoms with van der Waals surface area (Å²) < 4.78 is 24.6. The van der Waals surface area contributed by atoms with Gasteiger partial charge in [0, 0.05) is 25.1 Å². The molecule has 0 bridgehead atoms. The summed E-state index contributed by atoms with van der Waals surface area (Å²) in [4.78, 5) is 6.95. The van der Waals surface area contributed by atoms with Crippen molar-refractivity contribution in [3.63, 3.8) is 0 Å². The number of hydrogen-bond donors (Lipinski definition) is 2. The molecule has 2 heterocycles. The lowest BCUT2D eigenvalue weighted by Crippen LogP contribution is -2.41. The molecule has 2 aromatic rings. The van der Waals surface area contributed by atoms with Crippen molar-refractivity contribution in [1.82, 2.24) is 10.2 Å². The number of hydrogen-bond acceptors (Lipinski definition) is 4. The molecule has 2 aliphatic rings. The number of guanidine groups is 1. The van der Waals surface area contributed by atoms with E-state index >= 15 is 0 Å². The average Bonchev–Trinajstić information content (AvgIpc) is 2.76. The molecular weight excluding hydrogens is 498 g/mol. The molecule has 2 atom stereocenters. The van der Waals surface area contributed by atoms with Gasteiger partial charge < -0.3 is 20.5 Å². The highest BCUT2D eigenvalue weighted by atomic mass is 127. The zero-order valence-electron chi connectivity index (χ0n) is 16.8. The number of rotatable bonds is 5. The molecule has 0 aromatic heterocycles. The number of halogens is 2. The molecule has 0 aliphatic carbocycles. The van der Waals surface area contributed by atoms with E-state index in [9.17, 15) is 4.39 Å². The van der Waals surface area contributed by atoms with Crippen LogP contribution in [0.5, 0.6) is 5.75 Å². The van der Waals surface area contributed by atoms with Gasteiger partial charge in [0.2, 0.25) is 0 Å². The summed E-state index contributed by atoms with van der Waals surface area (Å²) in [5.41, 5.74) is 8.36. The van der Waals surface area contributed by atoms with Crippen LogP contribution < -0.4 is 15.8 Å². The van der Waals surface area contributed by atoms with Crippen LogP contribution in [0, 0.1) is 5.82 Å². The van der Waals surface area contributed by atoms with Gasteiger partial charge in [-0.3, -0.25) is 9.89 Å². The molecule has 3 N–H and O–H groups in total. The third-order valence-corrected chi connectivity index (χ3v) is 5.46. The third-order valence-electron chi connectivity index (χ3n) is 5.46. The average molecular weight is 526 g/mol. The number of aliphatic imine (C=N–C) groups is 1. The Kier molecular flexibility index (Phi) is 8.29. The highest BCUT2D eigenvalue weighted by Gasteiger charge is 2.24. The van der Waals surface area contributed by atoms with Gasteiger partial charge in [-0.2, -0.15) is 0 Å². The minimum atomic E-state index is -0.239. The Balaban J connectivity index is 0.00000256. The first-order valence-corrected chi connectivity index (χ1v) is 10.1. The Morgan fingerprint density at radius 3 is 2.63 bits per heavy atom. The summed E-state index contributed by atoms with van der Waals surface area (Å²) in [5, 5.41) is 3.34. The third kappa shape index (κ3) is 5.61. The smallest absolute Gasteiger partial charge is 0.189 e. The number of fused-ring (bicyclic) bond motifs is 1. The normalized spacial score (nSPS) is 20.4. The molecule has 1 saturated heterocycles. The lowest BCUT2D eigenvalue weighted by molar-refractivity contribution is 0.0179. The Morgan fingerprint density at radius 1 is 1.13 bits per heavy atom. The maximum atomic E-state index is 13.4. The van der Waals surface area contributed by atoms with Gasteiger partial charge in [-0.25, -0.2) is 4.39 Å². The van der Waals surface area contributed by atoms with Crippen LogP contribution >= 0.6 is 24.0 Å². The molecule has 1 fully saturated rings. The van der Waals surface area contributed by atoms with E-state index in [0.29, 0.717) is 32.3 Å². The van der Waals surface area contributed by atoms with Crippen LogP contribution in [-0.4, -0.2) is 50.3 Å². The zero-order chi connectivity index (χ0) is 20.1. The van der Waals surface area contributed by atoms with E-state index in [4.69, 9.17) is 15.2 Å². The van der Waals surface area contributed by atoms with Crippen LogP contribution in [-0.2, 0) is 4.74 Å². The van der Waals surface area contributed by atoms with E-state index in [1.165, 1.54) is 12.1 Å². The molecule has 162 valence electrons. The Bertz CT molecular complexity index is 843. The second-order valence-electron chi connectivity index (χ2n) is 7.31. The molecule has 2 aliphatic heterocycles. The van der Waals surface area contributed by atoms with Crippen LogP contribution in [0.4, 0.5) is 4.39 Å².